The minimum atomic E-state index is -0.822. The van der Waals surface area contributed by atoms with Crippen molar-refractivity contribution in [3.05, 3.63) is 239 Å². The highest BCUT2D eigenvalue weighted by atomic mass is 16.5. The van der Waals surface area contributed by atoms with Crippen molar-refractivity contribution >= 4 is 43.6 Å². The van der Waals surface area contributed by atoms with Gasteiger partial charge >= 0.3 is 0 Å². The lowest BCUT2D eigenvalue weighted by atomic mass is 9.67. The van der Waals surface area contributed by atoms with Gasteiger partial charge in [0.05, 0.1) is 12.0 Å². The molecule has 140 heavy (non-hydrogen) atoms. The molecule has 770 valence electrons. The summed E-state index contributed by atoms with van der Waals surface area (Å²) in [6.45, 7) is 50.8. The first-order chi connectivity index (χ1) is 69.1. The molecule has 0 aliphatic heterocycles. The molecule has 0 bridgehead atoms. The molecule has 1 unspecified atom stereocenters. The largest absolute Gasteiger partial charge is 0.494 e. The lowest BCUT2D eigenvalue weighted by Gasteiger charge is -2.35. The molecule has 0 fully saturated rings. The molecule has 2 aliphatic carbocycles. The number of terminal acetylenes is 1. The molecule has 2 aromatic heterocycles. The quantitative estimate of drug-likeness (QED) is 0.0281. The molecule has 2 heterocycles. The van der Waals surface area contributed by atoms with Crippen LogP contribution in [0.25, 0.3) is 99.2 Å². The van der Waals surface area contributed by atoms with Crippen molar-refractivity contribution < 1.29 is 23.7 Å². The highest BCUT2D eigenvalue weighted by Gasteiger charge is 2.48. The van der Waals surface area contributed by atoms with Crippen LogP contribution < -0.4 is 9.47 Å². The Morgan fingerprint density at radius 3 is 0.929 bits per heavy atom. The summed E-state index contributed by atoms with van der Waals surface area (Å²) in [6, 6.07) is 76.9. The summed E-state index contributed by atoms with van der Waals surface area (Å²) in [5.41, 5.74) is 27.6. The fourth-order valence-electron chi connectivity index (χ4n) is 20.8. The molecule has 0 saturated carbocycles. The Balaban J connectivity index is -0.00000257. The normalized spacial score (nSPS) is 12.1. The Morgan fingerprint density at radius 2 is 0.543 bits per heavy atom. The maximum atomic E-state index is 6.73. The van der Waals surface area contributed by atoms with E-state index in [9.17, 15) is 0 Å². The molecule has 0 amide bonds. The van der Waals surface area contributed by atoms with E-state index in [-0.39, 0.29) is 19.7 Å². The molecular weight excluding hydrogens is 1690 g/mol. The number of aryl methyl sites for hydroxylation is 4. The van der Waals surface area contributed by atoms with E-state index in [1.54, 1.807) is 5.56 Å². The van der Waals surface area contributed by atoms with Gasteiger partial charge in [-0.2, -0.15) is 0 Å². The van der Waals surface area contributed by atoms with Gasteiger partial charge in [0, 0.05) is 100 Å². The topological polar surface area (TPSA) is 28.3 Å². The van der Waals surface area contributed by atoms with Gasteiger partial charge in [0.25, 0.3) is 0 Å². The Kier molecular flexibility index (Phi) is 56.9. The maximum absolute atomic E-state index is 6.73. The average molecular weight is 1900 g/mol. The zero-order chi connectivity index (χ0) is 102. The van der Waals surface area contributed by atoms with Gasteiger partial charge < -0.3 is 18.6 Å². The van der Waals surface area contributed by atoms with Crippen LogP contribution in [0.4, 0.5) is 0 Å². The summed E-state index contributed by atoms with van der Waals surface area (Å²) in [7, 11) is 0. The zero-order valence-corrected chi connectivity index (χ0v) is 92.3. The summed E-state index contributed by atoms with van der Waals surface area (Å²) < 4.78 is 18.2. The van der Waals surface area contributed by atoms with Crippen molar-refractivity contribution in [1.29, 1.82) is 0 Å². The van der Waals surface area contributed by atoms with Crippen LogP contribution in [0.5, 0.6) is 11.5 Å². The molecule has 4 heteroatoms. The zero-order valence-electron chi connectivity index (χ0n) is 92.3. The lowest BCUT2D eigenvalue weighted by Crippen LogP contribution is -2.28. The van der Waals surface area contributed by atoms with Crippen LogP contribution in [0.15, 0.2) is 194 Å². The first-order valence-electron chi connectivity index (χ1n) is 56.8. The molecule has 0 N–H and O–H groups in total. The number of hydrogen-bond acceptors (Lipinski definition) is 2. The van der Waals surface area contributed by atoms with E-state index in [1.165, 1.54) is 364 Å². The second-order valence-electron chi connectivity index (χ2n) is 36.3. The molecule has 0 radical (unpaired) electrons. The lowest BCUT2D eigenvalue weighted by molar-refractivity contribution is 0.304. The second-order valence-corrected chi connectivity index (χ2v) is 36.3. The van der Waals surface area contributed by atoms with E-state index in [2.05, 4.69) is 305 Å². The van der Waals surface area contributed by atoms with Crippen LogP contribution in [-0.4, -0.2) is 15.7 Å². The van der Waals surface area contributed by atoms with Crippen molar-refractivity contribution in [1.82, 2.24) is 9.13 Å². The maximum Gasteiger partial charge on any atom is 0.140 e. The summed E-state index contributed by atoms with van der Waals surface area (Å²) in [5.74, 6) is 22.7. The Bertz CT molecular complexity index is 5930. The van der Waals surface area contributed by atoms with Gasteiger partial charge in [0.15, 0.2) is 0 Å². The molecule has 0 spiro atoms. The van der Waals surface area contributed by atoms with E-state index in [1.807, 2.05) is 111 Å². The summed E-state index contributed by atoms with van der Waals surface area (Å²) in [5, 5.41) is 5.27. The molecule has 2 aliphatic rings. The molecule has 1 atom stereocenters. The number of rotatable bonds is 48. The van der Waals surface area contributed by atoms with Gasteiger partial charge in [-0.1, -0.05) is 472 Å². The predicted octanol–water partition coefficient (Wildman–Crippen LogP) is 44.1. The number of ether oxygens (including phenoxy) is 2. The van der Waals surface area contributed by atoms with Crippen molar-refractivity contribution in [2.45, 2.75) is 427 Å². The first kappa shape index (κ1) is 118. The van der Waals surface area contributed by atoms with Crippen LogP contribution in [0.3, 0.4) is 0 Å². The summed E-state index contributed by atoms with van der Waals surface area (Å²) >= 11 is 0. The van der Waals surface area contributed by atoms with E-state index in [0.29, 0.717) is 12.4 Å². The Hall–Kier alpha value is -10.8. The average Bonchev–Trinajstić information content (AvgIpc) is 1.52. The van der Waals surface area contributed by atoms with Crippen LogP contribution in [-0.2, 0) is 23.9 Å². The van der Waals surface area contributed by atoms with Crippen LogP contribution in [0, 0.1) is 73.7 Å². The summed E-state index contributed by atoms with van der Waals surface area (Å²) in [6.07, 6.45) is 56.7. The first-order valence-corrected chi connectivity index (χ1v) is 56.8. The van der Waals surface area contributed by atoms with Crippen LogP contribution in [0.2, 0.25) is 0 Å². The Labute approximate surface area is 870 Å². The number of benzene rings is 10. The number of nitrogens with zero attached hydrogens (tertiary/aromatic N) is 2. The summed E-state index contributed by atoms with van der Waals surface area (Å²) in [4.78, 5) is 0. The molecular formula is C136H204N2O2. The minimum Gasteiger partial charge on any atom is -0.494 e. The SMILES string of the molecule is C#CC#CC#CC#CC#COc1ccc(C2(c3ccc(OCCCCCCCCCC)cc3)c3cc(-c4ccc5c(c4)C(CCCCCCCCCC)(CCCCCCCCCC)c4cc(C)ccc4-5)ccc3-c3ccc(-c4ccc5c(c4)c4cc(-c6ccc7c(c6)c6cc(C)ccc6n7CCCCCCCC)ccc4n5CCCCCCCC)cc32)cc1.CC.CC.CC.CC.CC.CC.CC.CC.[HH].[HH].[HH].[HH].[HH].[HH].[HH].[HH].[HH].[HH]. The third kappa shape index (κ3) is 31.6. The van der Waals surface area contributed by atoms with Crippen molar-refractivity contribution in [2.75, 3.05) is 6.61 Å². The number of fused-ring (bicyclic) bond motifs is 12. The van der Waals surface area contributed by atoms with Gasteiger partial charge in [-0.15, -0.1) is 6.42 Å². The van der Waals surface area contributed by atoms with E-state index < -0.39 is 5.41 Å². The third-order valence-electron chi connectivity index (χ3n) is 27.4. The second kappa shape index (κ2) is 67.6. The van der Waals surface area contributed by atoms with Gasteiger partial charge in [-0.25, -0.2) is 0 Å². The number of aromatic nitrogens is 2. The van der Waals surface area contributed by atoms with Gasteiger partial charge in [0.1, 0.15) is 17.6 Å². The van der Waals surface area contributed by atoms with Gasteiger partial charge in [-0.05, 0) is 250 Å². The fraction of sp³-hybridized carbons (Fsp3) is 0.485. The van der Waals surface area contributed by atoms with Gasteiger partial charge in [-0.3, -0.25) is 0 Å². The monoisotopic (exact) mass is 1900 g/mol. The molecule has 0 saturated heterocycles. The molecule has 4 nitrogen and oxygen atoms in total. The van der Waals surface area contributed by atoms with Crippen molar-refractivity contribution in [3.63, 3.8) is 0 Å². The third-order valence-corrected chi connectivity index (χ3v) is 27.4. The molecule has 12 aromatic rings. The van der Waals surface area contributed by atoms with E-state index >= 15 is 0 Å². The van der Waals surface area contributed by atoms with Crippen LogP contribution in [0.1, 0.15) is 448 Å². The van der Waals surface area contributed by atoms with E-state index in [4.69, 9.17) is 15.9 Å². The van der Waals surface area contributed by atoms with Crippen molar-refractivity contribution in [3.8, 4) is 127 Å². The molecule has 14 rings (SSSR count). The highest BCUT2D eigenvalue weighted by Crippen LogP contribution is 2.60. The van der Waals surface area contributed by atoms with Crippen molar-refractivity contribution in [2.24, 2.45) is 0 Å². The van der Waals surface area contributed by atoms with Crippen LogP contribution >= 0.6 is 0 Å². The number of hydrogen-bond donors (Lipinski definition) is 0. The fourth-order valence-corrected chi connectivity index (χ4v) is 20.8. The molecule has 10 aromatic carbocycles. The number of unbranched alkanes of at least 4 members (excludes halogenated alkanes) is 31. The standard InChI is InChI=1S/C120H136N2O2.8C2H6.10H2/c1-9-15-21-27-33-37-41-47-77-119(78-48-42-38-34-28-22-16-10-2)111-84-92(8)53-69-103(111)104-70-55-96(88-112(104)119)98-57-72-106-105-71-56-97(89-113(105)120(114(106)90-98,99-61-65-101(66-62-99)123-81-51-45-39-35-29-23-17-11-3)100-63-67-102(68-64-100)124-82-52-46-40-36-30-24-18-12-4)95-60-76-118-110(87-95)109-86-94(59-75-117(109)122(118)80-50-44-32-26-20-14-6)93-58-74-116-108(85-93)107-83-91(7)54-73-115(107)121(116)79-49-43-31-25-19-13-5;8*1-2;;;;;;;;;;/h3,53-76,83-90H,9-10,12-16,18-22,24-28,30-34,36-38,40-44,46-50,52,77-80,82H2,1-2,4-8H3;8*1-2H3;10*1H. The van der Waals surface area contributed by atoms with E-state index in [0.717, 1.165) is 37.2 Å². The predicted molar refractivity (Wildman–Crippen MR) is 644 cm³/mol. The highest BCUT2D eigenvalue weighted by molar-refractivity contribution is 6.12. The smallest absolute Gasteiger partial charge is 0.140 e. The van der Waals surface area contributed by atoms with Gasteiger partial charge in [0.2, 0.25) is 0 Å². The minimum absolute atomic E-state index is 0. The Morgan fingerprint density at radius 1 is 0.264 bits per heavy atom.